The summed E-state index contributed by atoms with van der Waals surface area (Å²) >= 11 is 1.04. The molecule has 1 aliphatic rings. The third-order valence-corrected chi connectivity index (χ3v) is 4.05. The second-order valence-electron chi connectivity index (χ2n) is 4.51. The van der Waals surface area contributed by atoms with Crippen LogP contribution in [-0.4, -0.2) is 22.7 Å². The molecular formula is C14H13N3O3S. The van der Waals surface area contributed by atoms with Gasteiger partial charge in [0.25, 0.3) is 0 Å². The first-order valence-corrected chi connectivity index (χ1v) is 7.14. The summed E-state index contributed by atoms with van der Waals surface area (Å²) in [6.07, 6.45) is 0.147. The van der Waals surface area contributed by atoms with Gasteiger partial charge < -0.3 is 16.2 Å². The van der Waals surface area contributed by atoms with Crippen LogP contribution in [-0.2, 0) is 9.59 Å². The van der Waals surface area contributed by atoms with Crippen LogP contribution in [0.5, 0.6) is 5.75 Å². The summed E-state index contributed by atoms with van der Waals surface area (Å²) in [5.41, 5.74) is 6.24. The molecule has 108 valence electrons. The van der Waals surface area contributed by atoms with Crippen LogP contribution >= 0.6 is 11.8 Å². The summed E-state index contributed by atoms with van der Waals surface area (Å²) in [5.74, 6) is -1.03. The minimum absolute atomic E-state index is 0.0108. The Bertz CT molecular complexity index is 646. The van der Waals surface area contributed by atoms with Gasteiger partial charge in [0, 0.05) is 12.3 Å². The first-order chi connectivity index (χ1) is 10.0. The molecule has 0 spiro atoms. The minimum Gasteiger partial charge on any atom is -0.508 e. The van der Waals surface area contributed by atoms with Crippen molar-refractivity contribution >= 4 is 23.6 Å². The molecule has 1 aromatic rings. The number of rotatable bonds is 4. The average molecular weight is 303 g/mol. The predicted molar refractivity (Wildman–Crippen MR) is 77.9 cm³/mol. The Morgan fingerprint density at radius 2 is 2.14 bits per heavy atom. The molecule has 6 nitrogen and oxygen atoms in total. The standard InChI is InChI=1S/C14H13N3O3S/c15-6-11-10(8-1-3-9(18)4-2-8)5-13(20)17-14(11)21-7-12(16)19/h1-4,10,18H,5,7H2,(H2,16,19)(H,17,20). The summed E-state index contributed by atoms with van der Waals surface area (Å²) in [4.78, 5) is 22.7. The maximum atomic E-state index is 11.8. The van der Waals surface area contributed by atoms with E-state index in [1.54, 1.807) is 12.1 Å². The molecular weight excluding hydrogens is 290 g/mol. The van der Waals surface area contributed by atoms with Crippen molar-refractivity contribution < 1.29 is 14.7 Å². The Morgan fingerprint density at radius 1 is 1.48 bits per heavy atom. The zero-order chi connectivity index (χ0) is 15.4. The third kappa shape index (κ3) is 3.55. The molecule has 7 heteroatoms. The van der Waals surface area contributed by atoms with Crippen LogP contribution in [0.2, 0.25) is 0 Å². The lowest BCUT2D eigenvalue weighted by Gasteiger charge is -2.24. The monoisotopic (exact) mass is 303 g/mol. The van der Waals surface area contributed by atoms with E-state index in [0.717, 1.165) is 17.3 Å². The Labute approximate surface area is 125 Å². The number of nitrogens with one attached hydrogen (secondary N) is 1. The number of nitrogens with zero attached hydrogens (tertiary/aromatic N) is 1. The van der Waals surface area contributed by atoms with E-state index in [2.05, 4.69) is 11.4 Å². The van der Waals surface area contributed by atoms with Gasteiger partial charge in [0.2, 0.25) is 11.8 Å². The van der Waals surface area contributed by atoms with E-state index in [0.29, 0.717) is 10.6 Å². The molecule has 1 heterocycles. The Hall–Kier alpha value is -2.46. The Balaban J connectivity index is 2.36. The van der Waals surface area contributed by atoms with E-state index in [9.17, 15) is 20.0 Å². The van der Waals surface area contributed by atoms with Crippen LogP contribution in [0.15, 0.2) is 34.9 Å². The van der Waals surface area contributed by atoms with Crippen molar-refractivity contribution in [3.05, 3.63) is 40.4 Å². The molecule has 0 bridgehead atoms. The molecule has 0 radical (unpaired) electrons. The fourth-order valence-electron chi connectivity index (χ4n) is 2.07. The highest BCUT2D eigenvalue weighted by molar-refractivity contribution is 8.03. The van der Waals surface area contributed by atoms with Crippen molar-refractivity contribution in [3.63, 3.8) is 0 Å². The lowest BCUT2D eigenvalue weighted by molar-refractivity contribution is -0.121. The van der Waals surface area contributed by atoms with Gasteiger partial charge in [-0.1, -0.05) is 23.9 Å². The minimum atomic E-state index is -0.522. The number of primary amides is 1. The fourth-order valence-corrected chi connectivity index (χ4v) is 2.88. The van der Waals surface area contributed by atoms with E-state index < -0.39 is 5.91 Å². The Kier molecular flexibility index (Phi) is 4.50. The molecule has 1 atom stereocenters. The number of benzene rings is 1. The van der Waals surface area contributed by atoms with E-state index in [4.69, 9.17) is 5.73 Å². The van der Waals surface area contributed by atoms with Crippen LogP contribution in [0.3, 0.4) is 0 Å². The second kappa shape index (κ2) is 6.33. The fraction of sp³-hybridized carbons (Fsp3) is 0.214. The molecule has 2 amide bonds. The SMILES string of the molecule is N#CC1=C(SCC(N)=O)NC(=O)CC1c1ccc(O)cc1. The zero-order valence-electron chi connectivity index (χ0n) is 11.0. The lowest BCUT2D eigenvalue weighted by Crippen LogP contribution is -2.31. The van der Waals surface area contributed by atoms with Crippen molar-refractivity contribution in [2.75, 3.05) is 5.75 Å². The molecule has 0 saturated heterocycles. The smallest absolute Gasteiger partial charge is 0.227 e. The van der Waals surface area contributed by atoms with Crippen LogP contribution in [0.1, 0.15) is 17.9 Å². The molecule has 4 N–H and O–H groups in total. The number of hydrogen-bond donors (Lipinski definition) is 3. The van der Waals surface area contributed by atoms with Crippen LogP contribution in [0.25, 0.3) is 0 Å². The number of thioether (sulfide) groups is 1. The van der Waals surface area contributed by atoms with Gasteiger partial charge in [-0.2, -0.15) is 5.26 Å². The first kappa shape index (κ1) is 14.9. The highest BCUT2D eigenvalue weighted by Crippen LogP contribution is 2.36. The normalized spacial score (nSPS) is 18.0. The largest absolute Gasteiger partial charge is 0.508 e. The molecule has 1 unspecified atom stereocenters. The lowest BCUT2D eigenvalue weighted by atomic mass is 9.87. The second-order valence-corrected chi connectivity index (χ2v) is 5.49. The molecule has 1 aliphatic heterocycles. The number of phenols is 1. The number of carbonyl (C=O) groups excluding carboxylic acids is 2. The van der Waals surface area contributed by atoms with Crippen molar-refractivity contribution in [1.82, 2.24) is 5.32 Å². The van der Waals surface area contributed by atoms with Crippen molar-refractivity contribution in [3.8, 4) is 11.8 Å². The van der Waals surface area contributed by atoms with Gasteiger partial charge in [-0.25, -0.2) is 0 Å². The summed E-state index contributed by atoms with van der Waals surface area (Å²) in [6, 6.07) is 8.45. The van der Waals surface area contributed by atoms with E-state index in [-0.39, 0.29) is 29.7 Å². The molecule has 0 fully saturated rings. The number of carbonyl (C=O) groups is 2. The van der Waals surface area contributed by atoms with Crippen molar-refractivity contribution in [2.45, 2.75) is 12.3 Å². The number of aromatic hydroxyl groups is 1. The van der Waals surface area contributed by atoms with Crippen molar-refractivity contribution in [2.24, 2.45) is 5.73 Å². The molecule has 21 heavy (non-hydrogen) atoms. The number of amides is 2. The summed E-state index contributed by atoms with van der Waals surface area (Å²) < 4.78 is 0. The van der Waals surface area contributed by atoms with Crippen LogP contribution in [0.4, 0.5) is 0 Å². The van der Waals surface area contributed by atoms with E-state index in [1.807, 2.05) is 0 Å². The maximum absolute atomic E-state index is 11.8. The highest BCUT2D eigenvalue weighted by Gasteiger charge is 2.29. The van der Waals surface area contributed by atoms with Crippen molar-refractivity contribution in [1.29, 1.82) is 5.26 Å². The number of phenolic OH excluding ortho intramolecular Hbond substituents is 1. The summed E-state index contributed by atoms with van der Waals surface area (Å²) in [6.45, 7) is 0. The third-order valence-electron chi connectivity index (χ3n) is 3.01. The topological polar surface area (TPSA) is 116 Å². The molecule has 0 saturated carbocycles. The van der Waals surface area contributed by atoms with E-state index >= 15 is 0 Å². The molecule has 0 aromatic heterocycles. The Morgan fingerprint density at radius 3 is 2.71 bits per heavy atom. The zero-order valence-corrected chi connectivity index (χ0v) is 11.8. The van der Waals surface area contributed by atoms with Gasteiger partial charge in [0.05, 0.1) is 22.4 Å². The molecule has 0 aliphatic carbocycles. The number of nitrogens with two attached hydrogens (primary N) is 1. The van der Waals surface area contributed by atoms with Gasteiger partial charge in [0.15, 0.2) is 0 Å². The average Bonchev–Trinajstić information content (AvgIpc) is 2.45. The predicted octanol–water partition coefficient (Wildman–Crippen LogP) is 0.949. The first-order valence-electron chi connectivity index (χ1n) is 6.15. The number of nitriles is 1. The van der Waals surface area contributed by atoms with Gasteiger partial charge in [-0.05, 0) is 17.7 Å². The summed E-state index contributed by atoms with van der Waals surface area (Å²) in [7, 11) is 0. The van der Waals surface area contributed by atoms with Gasteiger partial charge in [-0.3, -0.25) is 9.59 Å². The van der Waals surface area contributed by atoms with Gasteiger partial charge >= 0.3 is 0 Å². The van der Waals surface area contributed by atoms with Gasteiger partial charge in [0.1, 0.15) is 5.75 Å². The van der Waals surface area contributed by atoms with Crippen LogP contribution in [0, 0.1) is 11.3 Å². The molecule has 1 aromatic carbocycles. The highest BCUT2D eigenvalue weighted by atomic mass is 32.2. The quantitative estimate of drug-likeness (QED) is 0.765. The number of allylic oxidation sites excluding steroid dienone is 1. The number of hydrogen-bond acceptors (Lipinski definition) is 5. The van der Waals surface area contributed by atoms with Gasteiger partial charge in [-0.15, -0.1) is 0 Å². The summed E-state index contributed by atoms with van der Waals surface area (Å²) in [5, 5.41) is 21.7. The molecule has 2 rings (SSSR count). The van der Waals surface area contributed by atoms with E-state index in [1.165, 1.54) is 12.1 Å². The maximum Gasteiger partial charge on any atom is 0.227 e. The van der Waals surface area contributed by atoms with Crippen LogP contribution < -0.4 is 11.1 Å².